The predicted octanol–water partition coefficient (Wildman–Crippen LogP) is 3.20. The zero-order valence-corrected chi connectivity index (χ0v) is 12.8. The summed E-state index contributed by atoms with van der Waals surface area (Å²) < 4.78 is 5.48. The van der Waals surface area contributed by atoms with Crippen molar-refractivity contribution in [2.45, 2.75) is 27.2 Å². The highest BCUT2D eigenvalue weighted by Crippen LogP contribution is 2.24. The van der Waals surface area contributed by atoms with E-state index in [1.54, 1.807) is 11.0 Å². The monoisotopic (exact) mass is 286 g/mol. The number of anilines is 1. The maximum atomic E-state index is 12.9. The summed E-state index contributed by atoms with van der Waals surface area (Å²) in [5, 5.41) is 0. The highest BCUT2D eigenvalue weighted by molar-refractivity contribution is 6.07. The molecule has 0 aliphatic rings. The first-order chi connectivity index (χ1) is 10.0. The van der Waals surface area contributed by atoms with Gasteiger partial charge in [0, 0.05) is 12.2 Å². The lowest BCUT2D eigenvalue weighted by atomic mass is 10.1. The molecule has 0 atom stereocenters. The predicted molar refractivity (Wildman–Crippen MR) is 84.7 cm³/mol. The average molecular weight is 286 g/mol. The fourth-order valence-electron chi connectivity index (χ4n) is 2.44. The molecule has 1 amide bonds. The maximum Gasteiger partial charge on any atom is 0.261 e. The summed E-state index contributed by atoms with van der Waals surface area (Å²) in [7, 11) is 0. The molecule has 21 heavy (non-hydrogen) atoms. The number of furan rings is 1. The summed E-state index contributed by atoms with van der Waals surface area (Å²) in [6, 6.07) is 9.68. The number of carbonyl (C=O) groups is 1. The van der Waals surface area contributed by atoms with Crippen molar-refractivity contribution in [3.63, 3.8) is 0 Å². The molecule has 0 saturated heterocycles. The number of aryl methyl sites for hydroxylation is 3. The zero-order chi connectivity index (χ0) is 15.4. The van der Waals surface area contributed by atoms with E-state index in [1.807, 2.05) is 45.0 Å². The van der Waals surface area contributed by atoms with Gasteiger partial charge < -0.3 is 15.1 Å². The van der Waals surface area contributed by atoms with Gasteiger partial charge in [0.2, 0.25) is 0 Å². The molecule has 1 aromatic heterocycles. The van der Waals surface area contributed by atoms with Crippen molar-refractivity contribution < 1.29 is 9.21 Å². The molecule has 2 N–H and O–H groups in total. The van der Waals surface area contributed by atoms with Crippen molar-refractivity contribution in [1.82, 2.24) is 0 Å². The summed E-state index contributed by atoms with van der Waals surface area (Å²) >= 11 is 0. The number of amides is 1. The van der Waals surface area contributed by atoms with Gasteiger partial charge in [0.1, 0.15) is 11.5 Å². The SMILES string of the molecule is Cc1cc(C(=O)N(CCCN)c2ccccc2C)c(C)o1. The lowest BCUT2D eigenvalue weighted by Crippen LogP contribution is -2.33. The first-order valence-electron chi connectivity index (χ1n) is 7.19. The van der Waals surface area contributed by atoms with Crippen LogP contribution in [-0.4, -0.2) is 19.0 Å². The summed E-state index contributed by atoms with van der Waals surface area (Å²) in [5.74, 6) is 1.37. The van der Waals surface area contributed by atoms with Gasteiger partial charge in [-0.15, -0.1) is 0 Å². The van der Waals surface area contributed by atoms with Crippen LogP contribution in [0.4, 0.5) is 5.69 Å². The van der Waals surface area contributed by atoms with Crippen LogP contribution in [0.1, 0.15) is 33.9 Å². The smallest absolute Gasteiger partial charge is 0.261 e. The number of hydrogen-bond acceptors (Lipinski definition) is 3. The molecule has 4 nitrogen and oxygen atoms in total. The number of nitrogens with two attached hydrogens (primary N) is 1. The van der Waals surface area contributed by atoms with Gasteiger partial charge in [0.25, 0.3) is 5.91 Å². The van der Waals surface area contributed by atoms with Crippen LogP contribution in [0.2, 0.25) is 0 Å². The molecule has 0 aliphatic heterocycles. The van der Waals surface area contributed by atoms with Crippen molar-refractivity contribution in [2.75, 3.05) is 18.0 Å². The lowest BCUT2D eigenvalue weighted by Gasteiger charge is -2.24. The van der Waals surface area contributed by atoms with Crippen LogP contribution in [0.15, 0.2) is 34.7 Å². The Balaban J connectivity index is 2.38. The van der Waals surface area contributed by atoms with E-state index in [4.69, 9.17) is 10.2 Å². The van der Waals surface area contributed by atoms with Crippen LogP contribution in [0.3, 0.4) is 0 Å². The highest BCUT2D eigenvalue weighted by atomic mass is 16.3. The molecule has 2 rings (SSSR count). The first kappa shape index (κ1) is 15.3. The third-order valence-corrected chi connectivity index (χ3v) is 3.51. The second-order valence-electron chi connectivity index (χ2n) is 5.21. The molecule has 0 saturated carbocycles. The van der Waals surface area contributed by atoms with Gasteiger partial charge in [-0.2, -0.15) is 0 Å². The average Bonchev–Trinajstić information content (AvgIpc) is 2.79. The molecular weight excluding hydrogens is 264 g/mol. The summed E-state index contributed by atoms with van der Waals surface area (Å²) in [6.07, 6.45) is 0.760. The number of nitrogens with zero attached hydrogens (tertiary/aromatic N) is 1. The Morgan fingerprint density at radius 2 is 1.95 bits per heavy atom. The minimum Gasteiger partial charge on any atom is -0.466 e. The van der Waals surface area contributed by atoms with Crippen molar-refractivity contribution in [3.8, 4) is 0 Å². The second kappa shape index (κ2) is 6.59. The molecule has 0 radical (unpaired) electrons. The summed E-state index contributed by atoms with van der Waals surface area (Å²) in [4.78, 5) is 14.7. The molecule has 1 aromatic carbocycles. The highest BCUT2D eigenvalue weighted by Gasteiger charge is 2.22. The molecule has 2 aromatic rings. The number of carbonyl (C=O) groups excluding carboxylic acids is 1. The third-order valence-electron chi connectivity index (χ3n) is 3.51. The van der Waals surface area contributed by atoms with Crippen LogP contribution in [0, 0.1) is 20.8 Å². The fourth-order valence-corrected chi connectivity index (χ4v) is 2.44. The normalized spacial score (nSPS) is 10.7. The Bertz CT molecular complexity index is 631. The Morgan fingerprint density at radius 3 is 2.52 bits per heavy atom. The summed E-state index contributed by atoms with van der Waals surface area (Å²) in [5.41, 5.74) is 8.22. The Morgan fingerprint density at radius 1 is 1.24 bits per heavy atom. The lowest BCUT2D eigenvalue weighted by molar-refractivity contribution is 0.0985. The van der Waals surface area contributed by atoms with E-state index >= 15 is 0 Å². The molecule has 0 spiro atoms. The number of rotatable bonds is 5. The molecule has 4 heteroatoms. The molecule has 112 valence electrons. The minimum absolute atomic E-state index is 0.0351. The number of benzene rings is 1. The van der Waals surface area contributed by atoms with Crippen LogP contribution in [0.25, 0.3) is 0 Å². The molecule has 0 bridgehead atoms. The molecule has 0 fully saturated rings. The standard InChI is InChI=1S/C17H22N2O2/c1-12-7-4-5-8-16(12)19(10-6-9-18)17(20)15-11-13(2)21-14(15)3/h4-5,7-8,11H,6,9-10,18H2,1-3H3. The number of hydrogen-bond donors (Lipinski definition) is 1. The Kier molecular flexibility index (Phi) is 4.81. The molecule has 0 aliphatic carbocycles. The van der Waals surface area contributed by atoms with Crippen LogP contribution in [0.5, 0.6) is 0 Å². The quantitative estimate of drug-likeness (QED) is 0.918. The van der Waals surface area contributed by atoms with E-state index < -0.39 is 0 Å². The van der Waals surface area contributed by atoms with Gasteiger partial charge in [-0.3, -0.25) is 4.79 Å². The van der Waals surface area contributed by atoms with Crippen molar-refractivity contribution in [3.05, 3.63) is 53.0 Å². The summed E-state index contributed by atoms with van der Waals surface area (Å²) in [6.45, 7) is 6.83. The third kappa shape index (κ3) is 3.34. The van der Waals surface area contributed by atoms with Gasteiger partial charge in [-0.05, 0) is 51.4 Å². The molecule has 0 unspecified atom stereocenters. The van der Waals surface area contributed by atoms with Gasteiger partial charge >= 0.3 is 0 Å². The van der Waals surface area contributed by atoms with Crippen LogP contribution < -0.4 is 10.6 Å². The Labute approximate surface area is 125 Å². The van der Waals surface area contributed by atoms with E-state index in [0.29, 0.717) is 24.4 Å². The number of para-hydroxylation sites is 1. The van der Waals surface area contributed by atoms with Gasteiger partial charge in [0.05, 0.1) is 5.56 Å². The van der Waals surface area contributed by atoms with E-state index in [0.717, 1.165) is 23.4 Å². The van der Waals surface area contributed by atoms with Crippen LogP contribution in [-0.2, 0) is 0 Å². The topological polar surface area (TPSA) is 59.5 Å². The first-order valence-corrected chi connectivity index (χ1v) is 7.19. The van der Waals surface area contributed by atoms with E-state index in [-0.39, 0.29) is 5.91 Å². The van der Waals surface area contributed by atoms with E-state index in [1.165, 1.54) is 0 Å². The zero-order valence-electron chi connectivity index (χ0n) is 12.8. The second-order valence-corrected chi connectivity index (χ2v) is 5.21. The van der Waals surface area contributed by atoms with Gasteiger partial charge in [-0.25, -0.2) is 0 Å². The van der Waals surface area contributed by atoms with Crippen LogP contribution >= 0.6 is 0 Å². The van der Waals surface area contributed by atoms with Gasteiger partial charge in [-0.1, -0.05) is 18.2 Å². The van der Waals surface area contributed by atoms with E-state index in [2.05, 4.69) is 0 Å². The minimum atomic E-state index is -0.0351. The van der Waals surface area contributed by atoms with Crippen molar-refractivity contribution in [1.29, 1.82) is 0 Å². The largest absolute Gasteiger partial charge is 0.466 e. The van der Waals surface area contributed by atoms with E-state index in [9.17, 15) is 4.79 Å². The Hall–Kier alpha value is -2.07. The fraction of sp³-hybridized carbons (Fsp3) is 0.353. The van der Waals surface area contributed by atoms with Gasteiger partial charge in [0.15, 0.2) is 0 Å². The molecular formula is C17H22N2O2. The molecule has 1 heterocycles. The van der Waals surface area contributed by atoms with Crippen molar-refractivity contribution in [2.24, 2.45) is 5.73 Å². The maximum absolute atomic E-state index is 12.9. The van der Waals surface area contributed by atoms with Crippen molar-refractivity contribution >= 4 is 11.6 Å².